The molecule has 150 valence electrons. The van der Waals surface area contributed by atoms with Crippen molar-refractivity contribution < 1.29 is 59.3 Å². The molecule has 0 amide bonds. The summed E-state index contributed by atoms with van der Waals surface area (Å²) >= 11 is 0. The number of hydrogen-bond donors (Lipinski definition) is 0. The molecule has 0 saturated heterocycles. The summed E-state index contributed by atoms with van der Waals surface area (Å²) in [7, 11) is 0. The number of carbonyl (C=O) groups is 2. The van der Waals surface area contributed by atoms with Crippen LogP contribution in [-0.4, -0.2) is 18.3 Å². The summed E-state index contributed by atoms with van der Waals surface area (Å²) in [5, 5.41) is 10.8. The van der Waals surface area contributed by atoms with E-state index in [1.807, 2.05) is 0 Å². The van der Waals surface area contributed by atoms with E-state index in [1.165, 1.54) is 0 Å². The highest BCUT2D eigenvalue weighted by Gasteiger charge is 2.34. The topological polar surface area (TPSA) is 75.7 Å². The van der Waals surface area contributed by atoms with Gasteiger partial charge in [0.05, 0.1) is 5.97 Å². The van der Waals surface area contributed by atoms with Crippen molar-refractivity contribution in [3.05, 3.63) is 58.4 Å². The maximum absolute atomic E-state index is 13.6. The van der Waals surface area contributed by atoms with E-state index in [9.17, 15) is 49.8 Å². The lowest BCUT2D eigenvalue weighted by atomic mass is 10.1. The summed E-state index contributed by atoms with van der Waals surface area (Å²) in [6, 6.07) is 1.16. The number of rotatable bonds is 4. The summed E-state index contributed by atoms with van der Waals surface area (Å²) in [4.78, 5) is 22.6. The third kappa shape index (κ3) is 4.13. The average molecular weight is 415 g/mol. The first kappa shape index (κ1) is 20.9. The van der Waals surface area contributed by atoms with Crippen molar-refractivity contribution in [2.45, 2.75) is 6.36 Å². The lowest BCUT2D eigenvalue weighted by Gasteiger charge is -2.15. The van der Waals surface area contributed by atoms with Crippen molar-refractivity contribution in [3.63, 3.8) is 0 Å². The number of carbonyl (C=O) groups excluding carboxylic acids is 2. The van der Waals surface area contributed by atoms with Gasteiger partial charge in [0.2, 0.25) is 5.82 Å². The van der Waals surface area contributed by atoms with Gasteiger partial charge in [0.25, 0.3) is 0 Å². The minimum Gasteiger partial charge on any atom is -0.545 e. The van der Waals surface area contributed by atoms with E-state index >= 15 is 0 Å². The van der Waals surface area contributed by atoms with Gasteiger partial charge in [-0.15, -0.1) is 13.2 Å². The first-order valence-electron chi connectivity index (χ1n) is 6.68. The zero-order valence-electron chi connectivity index (χ0n) is 12.8. The Morgan fingerprint density at radius 2 is 1.32 bits per heavy atom. The molecule has 13 heteroatoms. The Kier molecular flexibility index (Phi) is 5.47. The molecule has 0 aliphatic carbocycles. The van der Waals surface area contributed by atoms with Crippen LogP contribution in [0.15, 0.2) is 18.2 Å². The normalized spacial score (nSPS) is 11.3. The van der Waals surface area contributed by atoms with Crippen molar-refractivity contribution >= 4 is 11.9 Å². The first-order valence-corrected chi connectivity index (χ1v) is 6.68. The number of alkyl halides is 3. The molecule has 5 nitrogen and oxygen atoms in total. The highest BCUT2D eigenvalue weighted by molar-refractivity contribution is 5.93. The summed E-state index contributed by atoms with van der Waals surface area (Å²) in [5.41, 5.74) is -2.97. The maximum atomic E-state index is 13.6. The van der Waals surface area contributed by atoms with Crippen LogP contribution in [0.1, 0.15) is 20.7 Å². The van der Waals surface area contributed by atoms with Gasteiger partial charge in [-0.1, -0.05) is 0 Å². The van der Waals surface area contributed by atoms with Crippen LogP contribution in [0.4, 0.5) is 35.1 Å². The quantitative estimate of drug-likeness (QED) is 0.253. The van der Waals surface area contributed by atoms with E-state index in [0.29, 0.717) is 12.1 Å². The van der Waals surface area contributed by atoms with E-state index in [2.05, 4.69) is 9.47 Å². The lowest BCUT2D eigenvalue weighted by Crippen LogP contribution is -2.23. The third-order valence-corrected chi connectivity index (χ3v) is 3.02. The number of carboxylic acids is 1. The van der Waals surface area contributed by atoms with Gasteiger partial charge in [-0.05, 0) is 18.2 Å². The molecule has 2 aromatic rings. The lowest BCUT2D eigenvalue weighted by molar-refractivity contribution is -0.275. The molecule has 0 atom stereocenters. The van der Waals surface area contributed by atoms with Gasteiger partial charge in [0.1, 0.15) is 5.56 Å². The van der Waals surface area contributed by atoms with E-state index < -0.39 is 70.0 Å². The number of esters is 1. The zero-order valence-corrected chi connectivity index (χ0v) is 12.8. The molecule has 0 unspecified atom stereocenters. The van der Waals surface area contributed by atoms with Crippen LogP contribution in [0, 0.1) is 29.1 Å². The molecule has 2 rings (SSSR count). The molecule has 0 radical (unpaired) electrons. The van der Waals surface area contributed by atoms with E-state index in [1.54, 1.807) is 0 Å². The van der Waals surface area contributed by atoms with Crippen LogP contribution in [-0.2, 0) is 0 Å². The third-order valence-electron chi connectivity index (χ3n) is 3.02. The summed E-state index contributed by atoms with van der Waals surface area (Å²) in [6.07, 6.45) is -5.37. The highest BCUT2D eigenvalue weighted by atomic mass is 19.4. The van der Waals surface area contributed by atoms with Crippen molar-refractivity contribution in [3.8, 4) is 11.5 Å². The molecule has 0 spiro atoms. The fraction of sp³-hybridized carbons (Fsp3) is 0.0667. The van der Waals surface area contributed by atoms with Crippen molar-refractivity contribution in [1.29, 1.82) is 0 Å². The van der Waals surface area contributed by atoms with Crippen LogP contribution >= 0.6 is 0 Å². The molecule has 0 aliphatic rings. The zero-order chi connectivity index (χ0) is 21.4. The van der Waals surface area contributed by atoms with E-state index in [0.717, 1.165) is 0 Å². The van der Waals surface area contributed by atoms with E-state index in [-0.39, 0.29) is 6.07 Å². The van der Waals surface area contributed by atoms with E-state index in [4.69, 9.17) is 0 Å². The number of hydrogen-bond acceptors (Lipinski definition) is 5. The molecular formula is C15H3F8O5-. The summed E-state index contributed by atoms with van der Waals surface area (Å²) in [6.45, 7) is 0. The Labute approximate surface area is 148 Å². The second-order valence-electron chi connectivity index (χ2n) is 4.83. The van der Waals surface area contributed by atoms with Crippen molar-refractivity contribution in [2.75, 3.05) is 0 Å². The number of halogens is 8. The van der Waals surface area contributed by atoms with Gasteiger partial charge >= 0.3 is 12.3 Å². The Balaban J connectivity index is 2.54. The Bertz CT molecular complexity index is 941. The van der Waals surface area contributed by atoms with Gasteiger partial charge in [-0.25, -0.2) is 26.7 Å². The summed E-state index contributed by atoms with van der Waals surface area (Å²) < 4.78 is 111. The molecule has 0 bridgehead atoms. The van der Waals surface area contributed by atoms with Crippen LogP contribution in [0.2, 0.25) is 0 Å². The monoisotopic (exact) mass is 415 g/mol. The standard InChI is InChI=1S/C15H4F8O5/c16-8-7(9(17)11(19)12(20)10(8)18)14(26)27-6-3-4(13(24)25)1-2-5(6)28-15(21,22)23/h1-3H,(H,24,25)/p-1. The Morgan fingerprint density at radius 1 is 0.821 bits per heavy atom. The Hall–Kier alpha value is -3.38. The van der Waals surface area contributed by atoms with Gasteiger partial charge in [0.15, 0.2) is 34.8 Å². The van der Waals surface area contributed by atoms with Gasteiger partial charge in [-0.2, -0.15) is 0 Å². The van der Waals surface area contributed by atoms with Crippen LogP contribution in [0.25, 0.3) is 0 Å². The van der Waals surface area contributed by atoms with Gasteiger partial charge in [-0.3, -0.25) is 0 Å². The molecular weight excluding hydrogens is 412 g/mol. The average Bonchev–Trinajstić information content (AvgIpc) is 2.58. The Morgan fingerprint density at radius 3 is 1.79 bits per heavy atom. The van der Waals surface area contributed by atoms with Crippen LogP contribution in [0.5, 0.6) is 11.5 Å². The predicted molar refractivity (Wildman–Crippen MR) is 68.6 cm³/mol. The molecule has 0 heterocycles. The minimum atomic E-state index is -5.37. The van der Waals surface area contributed by atoms with Gasteiger partial charge < -0.3 is 19.4 Å². The second kappa shape index (κ2) is 7.32. The molecule has 28 heavy (non-hydrogen) atoms. The number of carboxylic acid groups (broad SMARTS) is 1. The molecule has 0 aliphatic heterocycles. The minimum absolute atomic E-state index is 0.250. The number of benzene rings is 2. The molecule has 0 fully saturated rings. The fourth-order valence-corrected chi connectivity index (χ4v) is 1.86. The number of ether oxygens (including phenoxy) is 2. The first-order chi connectivity index (χ1) is 12.8. The maximum Gasteiger partial charge on any atom is 0.573 e. The largest absolute Gasteiger partial charge is 0.573 e. The molecule has 0 N–H and O–H groups in total. The molecule has 0 aromatic heterocycles. The molecule has 0 saturated carbocycles. The molecule has 2 aromatic carbocycles. The smallest absolute Gasteiger partial charge is 0.545 e. The van der Waals surface area contributed by atoms with Crippen molar-refractivity contribution in [2.24, 2.45) is 0 Å². The SMILES string of the molecule is O=C([O-])c1ccc(OC(F)(F)F)c(OC(=O)c2c(F)c(F)c(F)c(F)c2F)c1. The predicted octanol–water partition coefficient (Wildman–Crippen LogP) is 2.86. The summed E-state index contributed by atoms with van der Waals surface area (Å²) in [5.74, 6) is -19.8. The highest BCUT2D eigenvalue weighted by Crippen LogP contribution is 2.34. The second-order valence-corrected chi connectivity index (χ2v) is 4.83. The van der Waals surface area contributed by atoms with Crippen LogP contribution < -0.4 is 14.6 Å². The fourth-order valence-electron chi connectivity index (χ4n) is 1.86. The van der Waals surface area contributed by atoms with Crippen molar-refractivity contribution in [1.82, 2.24) is 0 Å². The van der Waals surface area contributed by atoms with Crippen LogP contribution in [0.3, 0.4) is 0 Å². The number of aromatic carboxylic acids is 1. The van der Waals surface area contributed by atoms with Gasteiger partial charge in [0, 0.05) is 5.56 Å².